The van der Waals surface area contributed by atoms with Crippen LogP contribution in [0.4, 0.5) is 11.4 Å². The van der Waals surface area contributed by atoms with Gasteiger partial charge in [-0.3, -0.25) is 9.59 Å². The highest BCUT2D eigenvalue weighted by Gasteiger charge is 2.24. The van der Waals surface area contributed by atoms with E-state index in [0.717, 1.165) is 30.5 Å². The van der Waals surface area contributed by atoms with Gasteiger partial charge in [0.05, 0.1) is 15.6 Å². The number of amidine groups is 1. The van der Waals surface area contributed by atoms with Gasteiger partial charge >= 0.3 is 0 Å². The average molecular weight is 468 g/mol. The number of nitrogens with zero attached hydrogens (tertiary/aromatic N) is 3. The molecule has 1 fully saturated rings. The number of nitrogens with one attached hydrogen (secondary N) is 2. The summed E-state index contributed by atoms with van der Waals surface area (Å²) in [5, 5.41) is 6.50. The van der Waals surface area contributed by atoms with Gasteiger partial charge in [-0.15, -0.1) is 0 Å². The van der Waals surface area contributed by atoms with Crippen LogP contribution in [0.25, 0.3) is 11.7 Å². The SMILES string of the molecule is CCCCCC(=O)Nc1ccc(Cl)c(N=C2NC(=O)/C(=C/c3ccc4nccn4c3)S2)c1. The Bertz CT molecular complexity index is 1230. The van der Waals surface area contributed by atoms with E-state index in [4.69, 9.17) is 11.6 Å². The number of hydrogen-bond donors (Lipinski definition) is 2. The van der Waals surface area contributed by atoms with E-state index in [9.17, 15) is 9.59 Å². The van der Waals surface area contributed by atoms with Crippen molar-refractivity contribution in [2.75, 3.05) is 5.32 Å². The smallest absolute Gasteiger partial charge is 0.264 e. The number of fused-ring (bicyclic) bond motifs is 1. The Balaban J connectivity index is 1.49. The Kier molecular flexibility index (Phi) is 6.92. The Morgan fingerprint density at radius 3 is 3.03 bits per heavy atom. The molecule has 7 nitrogen and oxygen atoms in total. The fourth-order valence-corrected chi connectivity index (χ4v) is 4.19. The lowest BCUT2D eigenvalue weighted by Crippen LogP contribution is -2.19. The Morgan fingerprint density at radius 2 is 2.19 bits per heavy atom. The number of rotatable bonds is 7. The summed E-state index contributed by atoms with van der Waals surface area (Å²) in [6, 6.07) is 8.92. The molecule has 3 aromatic rings. The number of pyridine rings is 1. The second-order valence-electron chi connectivity index (χ2n) is 7.31. The third-order valence-electron chi connectivity index (χ3n) is 4.82. The highest BCUT2D eigenvalue weighted by atomic mass is 35.5. The maximum atomic E-state index is 12.4. The van der Waals surface area contributed by atoms with Crippen molar-refractivity contribution >= 4 is 63.4 Å². The summed E-state index contributed by atoms with van der Waals surface area (Å²) in [4.78, 5) is 33.8. The molecule has 0 aliphatic carbocycles. The van der Waals surface area contributed by atoms with Crippen molar-refractivity contribution in [3.63, 3.8) is 0 Å². The van der Waals surface area contributed by atoms with Crippen molar-refractivity contribution in [1.82, 2.24) is 14.7 Å². The minimum absolute atomic E-state index is 0.0389. The van der Waals surface area contributed by atoms with E-state index in [1.54, 1.807) is 30.5 Å². The van der Waals surface area contributed by atoms with Crippen LogP contribution >= 0.6 is 23.4 Å². The number of anilines is 1. The number of benzene rings is 1. The second kappa shape index (κ2) is 10.0. The molecule has 1 aliphatic heterocycles. The number of hydrogen-bond acceptors (Lipinski definition) is 5. The van der Waals surface area contributed by atoms with E-state index in [-0.39, 0.29) is 11.8 Å². The van der Waals surface area contributed by atoms with Gasteiger partial charge in [0, 0.05) is 30.7 Å². The molecular formula is C23H22ClN5O2S. The predicted molar refractivity (Wildman–Crippen MR) is 130 cm³/mol. The molecule has 3 heterocycles. The lowest BCUT2D eigenvalue weighted by molar-refractivity contribution is -0.116. The number of amides is 2. The molecule has 0 radical (unpaired) electrons. The van der Waals surface area contributed by atoms with Crippen LogP contribution < -0.4 is 10.6 Å². The predicted octanol–water partition coefficient (Wildman–Crippen LogP) is 5.40. The zero-order valence-electron chi connectivity index (χ0n) is 17.5. The highest BCUT2D eigenvalue weighted by molar-refractivity contribution is 8.18. The molecule has 2 amide bonds. The van der Waals surface area contributed by atoms with Crippen molar-refractivity contribution in [1.29, 1.82) is 0 Å². The summed E-state index contributed by atoms with van der Waals surface area (Å²) < 4.78 is 1.89. The minimum atomic E-state index is -0.226. The Morgan fingerprint density at radius 1 is 1.31 bits per heavy atom. The molecule has 4 rings (SSSR count). The van der Waals surface area contributed by atoms with Gasteiger partial charge in [0.1, 0.15) is 5.65 Å². The van der Waals surface area contributed by atoms with Gasteiger partial charge in [-0.1, -0.05) is 31.4 Å². The molecule has 1 saturated heterocycles. The summed E-state index contributed by atoms with van der Waals surface area (Å²) in [6.07, 6.45) is 10.7. The molecule has 2 aromatic heterocycles. The molecule has 2 N–H and O–H groups in total. The fraction of sp³-hybridized carbons (Fsp3) is 0.217. The summed E-state index contributed by atoms with van der Waals surface area (Å²) >= 11 is 7.53. The summed E-state index contributed by atoms with van der Waals surface area (Å²) in [5.74, 6) is -0.265. The van der Waals surface area contributed by atoms with E-state index in [2.05, 4.69) is 27.5 Å². The van der Waals surface area contributed by atoms with Crippen LogP contribution in [0.3, 0.4) is 0 Å². The van der Waals surface area contributed by atoms with Gasteiger partial charge in [0.2, 0.25) is 5.91 Å². The Hall–Kier alpha value is -3.10. The second-order valence-corrected chi connectivity index (χ2v) is 8.75. The Labute approximate surface area is 195 Å². The zero-order chi connectivity index (χ0) is 22.5. The number of carbonyl (C=O) groups excluding carboxylic acids is 2. The molecule has 0 atom stereocenters. The van der Waals surface area contributed by atoms with Crippen LogP contribution in [0.2, 0.25) is 5.02 Å². The number of aliphatic imine (C=N–C) groups is 1. The molecule has 32 heavy (non-hydrogen) atoms. The topological polar surface area (TPSA) is 87.9 Å². The van der Waals surface area contributed by atoms with Gasteiger partial charge in [-0.2, -0.15) is 0 Å². The molecule has 0 unspecified atom stereocenters. The summed E-state index contributed by atoms with van der Waals surface area (Å²) in [5.41, 5.74) is 2.81. The van der Waals surface area contributed by atoms with Crippen LogP contribution in [0.5, 0.6) is 0 Å². The summed E-state index contributed by atoms with van der Waals surface area (Å²) in [6.45, 7) is 2.10. The summed E-state index contributed by atoms with van der Waals surface area (Å²) in [7, 11) is 0. The highest BCUT2D eigenvalue weighted by Crippen LogP contribution is 2.32. The molecule has 164 valence electrons. The van der Waals surface area contributed by atoms with Crippen molar-refractivity contribution in [3.8, 4) is 0 Å². The van der Waals surface area contributed by atoms with Crippen molar-refractivity contribution in [3.05, 3.63) is 64.4 Å². The lowest BCUT2D eigenvalue weighted by Gasteiger charge is -2.07. The maximum absolute atomic E-state index is 12.4. The number of halogens is 1. The molecule has 9 heteroatoms. The fourth-order valence-electron chi connectivity index (χ4n) is 3.20. The molecule has 1 aromatic carbocycles. The van der Waals surface area contributed by atoms with E-state index in [0.29, 0.717) is 32.9 Å². The zero-order valence-corrected chi connectivity index (χ0v) is 19.0. The molecule has 0 bridgehead atoms. The first-order valence-electron chi connectivity index (χ1n) is 10.3. The lowest BCUT2D eigenvalue weighted by atomic mass is 10.2. The van der Waals surface area contributed by atoms with E-state index in [1.165, 1.54) is 11.8 Å². The van der Waals surface area contributed by atoms with Crippen LogP contribution in [-0.4, -0.2) is 26.4 Å². The van der Waals surface area contributed by atoms with Crippen LogP contribution in [0, 0.1) is 0 Å². The van der Waals surface area contributed by atoms with Crippen LogP contribution in [-0.2, 0) is 9.59 Å². The number of thioether (sulfide) groups is 1. The van der Waals surface area contributed by atoms with Gasteiger partial charge in [0.15, 0.2) is 5.17 Å². The standard InChI is InChI=1S/C23H22ClN5O2S/c1-2-3-4-5-21(30)26-16-7-8-17(24)18(13-16)27-23-28-22(31)19(32-23)12-15-6-9-20-25-10-11-29(20)14-15/h6-14H,2-5H2,1H3,(H,26,30)(H,27,28,31)/b19-12-. The van der Waals surface area contributed by atoms with E-state index in [1.807, 2.05) is 28.9 Å². The van der Waals surface area contributed by atoms with E-state index >= 15 is 0 Å². The third kappa shape index (κ3) is 5.38. The number of imidazole rings is 1. The van der Waals surface area contributed by atoms with Crippen LogP contribution in [0.1, 0.15) is 38.2 Å². The minimum Gasteiger partial charge on any atom is -0.326 e. The largest absolute Gasteiger partial charge is 0.326 e. The normalized spacial score (nSPS) is 16.1. The average Bonchev–Trinajstić information content (AvgIpc) is 3.36. The number of carbonyl (C=O) groups is 2. The van der Waals surface area contributed by atoms with Gasteiger partial charge < -0.3 is 15.0 Å². The first-order valence-corrected chi connectivity index (χ1v) is 11.5. The first kappa shape index (κ1) is 22.1. The monoisotopic (exact) mass is 467 g/mol. The van der Waals surface area contributed by atoms with Gasteiger partial charge in [-0.05, 0) is 60.2 Å². The first-order chi connectivity index (χ1) is 15.5. The third-order valence-corrected chi connectivity index (χ3v) is 6.05. The molecule has 0 saturated carbocycles. The maximum Gasteiger partial charge on any atom is 0.264 e. The number of unbranched alkanes of at least 4 members (excludes halogenated alkanes) is 2. The quantitative estimate of drug-likeness (QED) is 0.360. The van der Waals surface area contributed by atoms with Crippen molar-refractivity contribution < 1.29 is 9.59 Å². The van der Waals surface area contributed by atoms with Crippen LogP contribution in [0.15, 0.2) is 58.8 Å². The molecule has 0 spiro atoms. The van der Waals surface area contributed by atoms with Crippen molar-refractivity contribution in [2.24, 2.45) is 4.99 Å². The van der Waals surface area contributed by atoms with Crippen molar-refractivity contribution in [2.45, 2.75) is 32.6 Å². The van der Waals surface area contributed by atoms with Gasteiger partial charge in [-0.25, -0.2) is 9.98 Å². The molecule has 1 aliphatic rings. The van der Waals surface area contributed by atoms with Gasteiger partial charge in [0.25, 0.3) is 5.91 Å². The number of aromatic nitrogens is 2. The molecular weight excluding hydrogens is 446 g/mol. The van der Waals surface area contributed by atoms with E-state index < -0.39 is 0 Å².